The molecule has 2 N–H and O–H groups in total. The molecule has 15 nitrogen and oxygen atoms in total. The highest BCUT2D eigenvalue weighted by Crippen LogP contribution is 2.27. The first-order valence-corrected chi connectivity index (χ1v) is 17.6. The minimum absolute atomic E-state index is 0.0967. The van der Waals surface area contributed by atoms with Crippen LogP contribution in [0.15, 0.2) is 110 Å². The minimum atomic E-state index is -0.589. The molecule has 0 saturated carbocycles. The van der Waals surface area contributed by atoms with Gasteiger partial charge in [-0.25, -0.2) is 33.9 Å². The second-order valence-electron chi connectivity index (χ2n) is 11.7. The lowest BCUT2D eigenvalue weighted by atomic mass is 10.1. The summed E-state index contributed by atoms with van der Waals surface area (Å²) in [6.45, 7) is 4.97. The molecular formula is C40H38FN9O6. The zero-order chi connectivity index (χ0) is 39.7. The van der Waals surface area contributed by atoms with Gasteiger partial charge in [0.25, 0.3) is 5.69 Å². The number of nitro groups is 1. The van der Waals surface area contributed by atoms with E-state index in [1.807, 2.05) is 36.4 Å². The van der Waals surface area contributed by atoms with Crippen molar-refractivity contribution in [1.82, 2.24) is 29.9 Å². The number of hydrogen-bond donors (Lipinski definition) is 2. The highest BCUT2D eigenvalue weighted by Gasteiger charge is 2.20. The first-order valence-electron chi connectivity index (χ1n) is 17.6. The summed E-state index contributed by atoms with van der Waals surface area (Å²) in [4.78, 5) is 60.9. The van der Waals surface area contributed by atoms with E-state index in [-0.39, 0.29) is 41.5 Å². The van der Waals surface area contributed by atoms with Gasteiger partial charge < -0.3 is 20.1 Å². The second kappa shape index (κ2) is 20.3. The van der Waals surface area contributed by atoms with E-state index in [9.17, 15) is 24.1 Å². The van der Waals surface area contributed by atoms with E-state index in [4.69, 9.17) is 9.47 Å². The molecule has 0 unspecified atom stereocenters. The zero-order valence-corrected chi connectivity index (χ0v) is 30.6. The summed E-state index contributed by atoms with van der Waals surface area (Å²) in [5.41, 5.74) is 3.84. The lowest BCUT2D eigenvalue weighted by molar-refractivity contribution is -0.384. The van der Waals surface area contributed by atoms with Crippen LogP contribution in [0.5, 0.6) is 0 Å². The molecule has 286 valence electrons. The molecule has 0 saturated heterocycles. The maximum Gasteiger partial charge on any atom is 0.341 e. The maximum absolute atomic E-state index is 13.2. The van der Waals surface area contributed by atoms with Crippen LogP contribution in [0.25, 0.3) is 22.5 Å². The number of pyridine rings is 2. The molecular weight excluding hydrogens is 721 g/mol. The fourth-order valence-electron chi connectivity index (χ4n) is 5.16. The van der Waals surface area contributed by atoms with Crippen molar-refractivity contribution in [3.8, 4) is 22.5 Å². The Morgan fingerprint density at radius 2 is 1.20 bits per heavy atom. The van der Waals surface area contributed by atoms with Crippen molar-refractivity contribution in [1.29, 1.82) is 0 Å². The number of nitrogens with zero attached hydrogens (tertiary/aromatic N) is 7. The van der Waals surface area contributed by atoms with Crippen molar-refractivity contribution in [3.05, 3.63) is 148 Å². The molecule has 4 aromatic heterocycles. The van der Waals surface area contributed by atoms with Gasteiger partial charge in [0.1, 0.15) is 16.9 Å². The first kappa shape index (κ1) is 40.0. The number of rotatable bonds is 15. The summed E-state index contributed by atoms with van der Waals surface area (Å²) in [5.74, 6) is -0.793. The van der Waals surface area contributed by atoms with E-state index < -0.39 is 16.9 Å². The van der Waals surface area contributed by atoms with Crippen LogP contribution in [-0.4, -0.2) is 73.1 Å². The maximum atomic E-state index is 13.2. The van der Waals surface area contributed by atoms with Gasteiger partial charge in [0.05, 0.1) is 29.5 Å². The number of benzene rings is 2. The smallest absolute Gasteiger partial charge is 0.341 e. The number of non-ortho nitro benzene ring substituents is 1. The van der Waals surface area contributed by atoms with Crippen LogP contribution < -0.4 is 10.6 Å². The Hall–Kier alpha value is -7.23. The minimum Gasteiger partial charge on any atom is -0.462 e. The molecule has 0 amide bonds. The van der Waals surface area contributed by atoms with Crippen molar-refractivity contribution >= 4 is 29.5 Å². The SMILES string of the molecule is CCOC(=O)c1cnc(NCCc2ccccn2)nc1-c1ccc(F)cc1.CCOC(=O)c1cnc(NCCc2ccccn2)nc1-c1cccc([N+](=O)[O-])c1. The molecule has 56 heavy (non-hydrogen) atoms. The zero-order valence-electron chi connectivity index (χ0n) is 30.6. The van der Waals surface area contributed by atoms with Crippen molar-refractivity contribution < 1.29 is 28.4 Å². The topological polar surface area (TPSA) is 197 Å². The average Bonchev–Trinajstić information content (AvgIpc) is 3.22. The van der Waals surface area contributed by atoms with E-state index in [1.165, 1.54) is 36.7 Å². The van der Waals surface area contributed by atoms with Crippen LogP contribution in [0.1, 0.15) is 46.0 Å². The molecule has 0 aliphatic carbocycles. The normalized spacial score (nSPS) is 10.4. The number of esters is 2. The number of carbonyl (C=O) groups is 2. The Labute approximate surface area is 321 Å². The molecule has 6 aromatic rings. The number of aromatic nitrogens is 6. The van der Waals surface area contributed by atoms with Crippen LogP contribution in [0.4, 0.5) is 22.0 Å². The number of halogens is 1. The van der Waals surface area contributed by atoms with E-state index in [1.54, 1.807) is 50.5 Å². The second-order valence-corrected chi connectivity index (χ2v) is 11.7. The molecule has 6 rings (SSSR count). The molecule has 16 heteroatoms. The van der Waals surface area contributed by atoms with Crippen molar-refractivity contribution in [2.45, 2.75) is 26.7 Å². The van der Waals surface area contributed by atoms with Crippen LogP contribution in [0.3, 0.4) is 0 Å². The number of hydrogen-bond acceptors (Lipinski definition) is 14. The average molecular weight is 760 g/mol. The summed E-state index contributed by atoms with van der Waals surface area (Å²) < 4.78 is 23.4. The Balaban J connectivity index is 0.000000215. The fourth-order valence-corrected chi connectivity index (χ4v) is 5.16. The van der Waals surface area contributed by atoms with Gasteiger partial charge in [-0.2, -0.15) is 0 Å². The van der Waals surface area contributed by atoms with Gasteiger partial charge in [-0.1, -0.05) is 24.3 Å². The predicted molar refractivity (Wildman–Crippen MR) is 206 cm³/mol. The molecule has 0 spiro atoms. The highest BCUT2D eigenvalue weighted by atomic mass is 19.1. The Bertz CT molecular complexity index is 2230. The summed E-state index contributed by atoms with van der Waals surface area (Å²) in [6, 6.07) is 23.1. The molecule has 0 bridgehead atoms. The molecule has 0 aliphatic heterocycles. The number of nitrogens with one attached hydrogen (secondary N) is 2. The monoisotopic (exact) mass is 759 g/mol. The Morgan fingerprint density at radius 1 is 0.679 bits per heavy atom. The molecule has 0 atom stereocenters. The van der Waals surface area contributed by atoms with Crippen LogP contribution in [0.2, 0.25) is 0 Å². The Kier molecular flexibility index (Phi) is 14.5. The number of anilines is 2. The van der Waals surface area contributed by atoms with E-state index in [2.05, 4.69) is 40.5 Å². The summed E-state index contributed by atoms with van der Waals surface area (Å²) >= 11 is 0. The summed E-state index contributed by atoms with van der Waals surface area (Å²) in [7, 11) is 0. The van der Waals surface area contributed by atoms with Gasteiger partial charge in [-0.3, -0.25) is 20.1 Å². The Morgan fingerprint density at radius 3 is 1.66 bits per heavy atom. The molecule has 2 aromatic carbocycles. The van der Waals surface area contributed by atoms with Gasteiger partial charge in [0.15, 0.2) is 0 Å². The quantitative estimate of drug-likeness (QED) is 0.0631. The van der Waals surface area contributed by atoms with Crippen molar-refractivity contribution in [3.63, 3.8) is 0 Å². The number of nitro benzene ring substituents is 1. The molecule has 0 radical (unpaired) electrons. The largest absolute Gasteiger partial charge is 0.462 e. The first-order chi connectivity index (χ1) is 27.2. The number of carbonyl (C=O) groups excluding carboxylic acids is 2. The van der Waals surface area contributed by atoms with Crippen LogP contribution in [0, 0.1) is 15.9 Å². The van der Waals surface area contributed by atoms with Crippen LogP contribution in [-0.2, 0) is 22.3 Å². The fraction of sp³-hybridized carbons (Fsp3) is 0.200. The standard InChI is InChI=1S/C20H19FN4O2.C20H19N5O4/c1-2-27-19(26)17-13-24-20(23-12-10-16-5-3-4-11-22-16)25-18(17)14-6-8-15(21)9-7-14;1-2-29-19(26)17-13-23-20(22-11-9-15-7-3-4-10-21-15)24-18(17)14-6-5-8-16(12-14)25(27)28/h3-9,11,13H,2,10,12H2,1H3,(H,23,24,25);3-8,10,12-13H,2,9,11H2,1H3,(H,22,23,24). The van der Waals surface area contributed by atoms with Gasteiger partial charge in [-0.05, 0) is 62.4 Å². The summed E-state index contributed by atoms with van der Waals surface area (Å²) in [5, 5.41) is 17.3. The van der Waals surface area contributed by atoms with Gasteiger partial charge in [-0.15, -0.1) is 0 Å². The van der Waals surface area contributed by atoms with Gasteiger partial charge >= 0.3 is 11.9 Å². The lowest BCUT2D eigenvalue weighted by Gasteiger charge is -2.11. The van der Waals surface area contributed by atoms with Gasteiger partial charge in [0.2, 0.25) is 11.9 Å². The lowest BCUT2D eigenvalue weighted by Crippen LogP contribution is -2.13. The third-order valence-electron chi connectivity index (χ3n) is 7.80. The van der Waals surface area contributed by atoms with Crippen molar-refractivity contribution in [2.24, 2.45) is 0 Å². The predicted octanol–water partition coefficient (Wildman–Crippen LogP) is 6.79. The van der Waals surface area contributed by atoms with Gasteiger partial charge in [0, 0.05) is 85.4 Å². The van der Waals surface area contributed by atoms with E-state index in [0.29, 0.717) is 54.6 Å². The van der Waals surface area contributed by atoms with E-state index >= 15 is 0 Å². The molecule has 4 heterocycles. The van der Waals surface area contributed by atoms with Crippen LogP contribution >= 0.6 is 0 Å². The highest BCUT2D eigenvalue weighted by molar-refractivity contribution is 5.96. The summed E-state index contributed by atoms with van der Waals surface area (Å²) in [6.07, 6.45) is 7.62. The molecule has 0 aliphatic rings. The third-order valence-corrected chi connectivity index (χ3v) is 7.80. The van der Waals surface area contributed by atoms with E-state index in [0.717, 1.165) is 11.4 Å². The third kappa shape index (κ3) is 11.4. The molecule has 0 fully saturated rings. The van der Waals surface area contributed by atoms with Crippen molar-refractivity contribution in [2.75, 3.05) is 36.9 Å². The number of ether oxygens (including phenoxy) is 2.